The van der Waals surface area contributed by atoms with Crippen molar-refractivity contribution in [2.45, 2.75) is 86.8 Å². The van der Waals surface area contributed by atoms with Gasteiger partial charge in [0.2, 0.25) is 5.69 Å². The molecule has 0 bridgehead atoms. The van der Waals surface area contributed by atoms with Crippen LogP contribution >= 0.6 is 0 Å². The largest absolute Gasteiger partial charge is 0.748 e. The van der Waals surface area contributed by atoms with Gasteiger partial charge in [-0.15, -0.1) is 0 Å². The van der Waals surface area contributed by atoms with Gasteiger partial charge in [-0.1, -0.05) is 26.0 Å². The van der Waals surface area contributed by atoms with Crippen molar-refractivity contribution >= 4 is 63.5 Å². The van der Waals surface area contributed by atoms with E-state index in [-0.39, 0.29) is 38.9 Å². The Balaban J connectivity index is 1.63. The second-order valence-electron chi connectivity index (χ2n) is 15.8. The molecule has 2 aromatic rings. The maximum atomic E-state index is 12.0. The summed E-state index contributed by atoms with van der Waals surface area (Å²) < 4.78 is 143. The monoisotopic (exact) mass is 908 g/mol. The molecule has 0 saturated heterocycles. The van der Waals surface area contributed by atoms with Crippen LogP contribution in [0.15, 0.2) is 93.0 Å². The number of carboxylic acids is 1. The predicted molar refractivity (Wildman–Crippen MR) is 217 cm³/mol. The Labute approximate surface area is 350 Å². The summed E-state index contributed by atoms with van der Waals surface area (Å²) in [5.74, 6) is -2.34. The van der Waals surface area contributed by atoms with Crippen molar-refractivity contribution < 1.29 is 66.4 Å². The van der Waals surface area contributed by atoms with Gasteiger partial charge in [0.25, 0.3) is 0 Å². The molecule has 2 aliphatic heterocycles. The Bertz CT molecular complexity index is 2690. The van der Waals surface area contributed by atoms with Crippen LogP contribution in [-0.4, -0.2) is 104 Å². The number of fused-ring (bicyclic) bond motifs is 2. The molecule has 0 amide bonds. The maximum absolute atomic E-state index is 12.0. The third-order valence-corrected chi connectivity index (χ3v) is 14.2. The fraction of sp³-hybridized carbons (Fsp3) is 0.436. The van der Waals surface area contributed by atoms with Gasteiger partial charge in [0.05, 0.1) is 41.9 Å². The van der Waals surface area contributed by atoms with Crippen LogP contribution in [-0.2, 0) is 56.1 Å². The van der Waals surface area contributed by atoms with Crippen molar-refractivity contribution in [1.82, 2.24) is 5.32 Å². The standard InChI is InChI=1S/C39H49N3O14S4/c1-38(2)30-24-28(59(51,52)53)12-14-32(30)41(20-6-22-57(45,46)47)34(38)16-10-26-8-5-9-27(37(26)40-19-18-36(43)44)11-17-35-39(3,4)31-25-29(60(54,55)56)13-15-33(31)42(35)21-7-23-58(48,49)50/h10-17,24-25H,5-9,18-23H2,1-4H3,(H5,43,44,45,46,47,48,49,50,51,52,53,54,55,56)/p-3/b26-10+,34-16-. The number of carboxylic acid groups (broad SMARTS) is 1. The summed E-state index contributed by atoms with van der Waals surface area (Å²) in [7, 11) is -18.7. The van der Waals surface area contributed by atoms with E-state index in [1.54, 1.807) is 21.6 Å². The van der Waals surface area contributed by atoms with E-state index < -0.39 is 78.6 Å². The minimum absolute atomic E-state index is 0.0465. The van der Waals surface area contributed by atoms with Crippen molar-refractivity contribution in [3.8, 4) is 0 Å². The molecule has 2 aromatic carbocycles. The number of aliphatic carboxylic acids is 1. The lowest BCUT2D eigenvalue weighted by Gasteiger charge is -2.28. The minimum Gasteiger partial charge on any atom is -0.748 e. The summed E-state index contributed by atoms with van der Waals surface area (Å²) in [4.78, 5) is 12.5. The molecule has 5 rings (SSSR count). The molecule has 0 fully saturated rings. The number of hydrogen-bond acceptors (Lipinski definition) is 15. The molecule has 0 unspecified atom stereocenters. The van der Waals surface area contributed by atoms with E-state index in [1.165, 1.54) is 36.4 Å². The molecule has 60 heavy (non-hydrogen) atoms. The molecule has 0 spiro atoms. The van der Waals surface area contributed by atoms with Crippen LogP contribution in [0.5, 0.6) is 0 Å². The average Bonchev–Trinajstić information content (AvgIpc) is 3.45. The Morgan fingerprint density at radius 2 is 1.40 bits per heavy atom. The zero-order valence-electron chi connectivity index (χ0n) is 33.3. The lowest BCUT2D eigenvalue weighted by atomic mass is 9.81. The Morgan fingerprint density at radius 1 is 0.800 bits per heavy atom. The van der Waals surface area contributed by atoms with Gasteiger partial charge in [0.15, 0.2) is 5.71 Å². The molecule has 328 valence electrons. The summed E-state index contributed by atoms with van der Waals surface area (Å²) in [5.41, 5.74) is 3.56. The van der Waals surface area contributed by atoms with Gasteiger partial charge in [-0.3, -0.25) is 4.79 Å². The summed E-state index contributed by atoms with van der Waals surface area (Å²) in [5, 5.41) is 12.7. The van der Waals surface area contributed by atoms with Crippen molar-refractivity contribution in [3.05, 3.63) is 94.4 Å². The fourth-order valence-electron chi connectivity index (χ4n) is 8.04. The van der Waals surface area contributed by atoms with E-state index in [0.717, 1.165) is 11.1 Å². The third-order valence-electron chi connectivity index (χ3n) is 10.9. The van der Waals surface area contributed by atoms with Gasteiger partial charge >= 0.3 is 5.97 Å². The molecule has 1 aliphatic carbocycles. The SMILES string of the molecule is CC1(C)C(/C=C/C2=C(NCCC(=O)O)C(=C/C=C3\N(CCCS(=O)(=O)[O-])c4ccc(S(=O)(=O)[O-])cc4C3(C)C)/CCC2)=[N+](CCCS(=O)(=O)[O-])c2ccc(S(=O)(=O)[O-])cc21. The van der Waals surface area contributed by atoms with Crippen LogP contribution in [0, 0.1) is 0 Å². The number of nitrogens with one attached hydrogen (secondary N) is 1. The minimum atomic E-state index is -4.82. The van der Waals surface area contributed by atoms with Gasteiger partial charge in [0, 0.05) is 71.2 Å². The molecule has 3 aliphatic rings. The van der Waals surface area contributed by atoms with Crippen LogP contribution in [0.4, 0.5) is 11.4 Å². The highest BCUT2D eigenvalue weighted by Crippen LogP contribution is 2.49. The summed E-state index contributed by atoms with van der Waals surface area (Å²) in [6, 6.07) is 7.84. The van der Waals surface area contributed by atoms with Crippen molar-refractivity contribution in [2.75, 3.05) is 36.0 Å². The van der Waals surface area contributed by atoms with E-state index in [4.69, 9.17) is 0 Å². The van der Waals surface area contributed by atoms with Crippen molar-refractivity contribution in [2.24, 2.45) is 0 Å². The highest BCUT2D eigenvalue weighted by molar-refractivity contribution is 7.86. The smallest absolute Gasteiger partial charge is 0.305 e. The van der Waals surface area contributed by atoms with Crippen LogP contribution in [0.3, 0.4) is 0 Å². The number of benzene rings is 2. The molecule has 0 saturated carbocycles. The van der Waals surface area contributed by atoms with E-state index >= 15 is 0 Å². The molecule has 17 nitrogen and oxygen atoms in total. The first-order valence-electron chi connectivity index (χ1n) is 18.9. The molecule has 0 atom stereocenters. The summed E-state index contributed by atoms with van der Waals surface area (Å²) in [6.07, 6.45) is 8.62. The van der Waals surface area contributed by atoms with E-state index in [1.807, 2.05) is 39.8 Å². The van der Waals surface area contributed by atoms with Gasteiger partial charge < -0.3 is 33.5 Å². The fourth-order valence-corrected chi connectivity index (χ4v) is 10.00. The predicted octanol–water partition coefficient (Wildman–Crippen LogP) is 3.41. The van der Waals surface area contributed by atoms with Gasteiger partial charge in [-0.25, -0.2) is 33.7 Å². The van der Waals surface area contributed by atoms with Crippen LogP contribution in [0.2, 0.25) is 0 Å². The second-order valence-corrected chi connectivity index (χ2v) is 21.6. The first kappa shape index (κ1) is 46.8. The lowest BCUT2D eigenvalue weighted by Crippen LogP contribution is -2.28. The zero-order valence-corrected chi connectivity index (χ0v) is 36.6. The maximum Gasteiger partial charge on any atom is 0.305 e. The number of anilines is 1. The Kier molecular flexibility index (Phi) is 13.5. The molecule has 2 heterocycles. The van der Waals surface area contributed by atoms with Gasteiger partial charge in [-0.2, -0.15) is 4.58 Å². The third kappa shape index (κ3) is 10.8. The molecule has 2 N–H and O–H groups in total. The first-order valence-corrected chi connectivity index (χ1v) is 24.9. The molecule has 0 aromatic heterocycles. The molecule has 0 radical (unpaired) electrons. The highest BCUT2D eigenvalue weighted by Gasteiger charge is 2.45. The van der Waals surface area contributed by atoms with Crippen LogP contribution in [0.25, 0.3) is 0 Å². The molecular formula is C39H46N3O14S4-3. The van der Waals surface area contributed by atoms with Crippen LogP contribution < -0.4 is 10.2 Å². The quantitative estimate of drug-likeness (QED) is 0.170. The van der Waals surface area contributed by atoms with Gasteiger partial charge in [-0.05, 0) is 92.6 Å². The number of hydrogen-bond donors (Lipinski definition) is 2. The number of nitrogens with zero attached hydrogens (tertiary/aromatic N) is 2. The first-order chi connectivity index (χ1) is 27.6. The molecule has 21 heteroatoms. The summed E-state index contributed by atoms with van der Waals surface area (Å²) in [6.45, 7) is 7.43. The normalized spacial score (nSPS) is 19.4. The van der Waals surface area contributed by atoms with Crippen molar-refractivity contribution in [3.63, 3.8) is 0 Å². The van der Waals surface area contributed by atoms with Crippen molar-refractivity contribution in [1.29, 1.82) is 0 Å². The number of carbonyl (C=O) groups is 1. The van der Waals surface area contributed by atoms with E-state index in [0.29, 0.717) is 58.9 Å². The lowest BCUT2D eigenvalue weighted by molar-refractivity contribution is -0.437. The van der Waals surface area contributed by atoms with E-state index in [9.17, 15) is 61.8 Å². The highest BCUT2D eigenvalue weighted by atomic mass is 32.2. The van der Waals surface area contributed by atoms with E-state index in [2.05, 4.69) is 5.32 Å². The average molecular weight is 909 g/mol. The second kappa shape index (κ2) is 17.3. The molecular weight excluding hydrogens is 863 g/mol. The summed E-state index contributed by atoms with van der Waals surface area (Å²) >= 11 is 0. The Morgan fingerprint density at radius 3 is 2.00 bits per heavy atom. The zero-order chi connectivity index (χ0) is 44.6. The van der Waals surface area contributed by atoms with Gasteiger partial charge in [0.1, 0.15) is 26.8 Å². The number of allylic oxidation sites excluding steroid dienone is 7. The van der Waals surface area contributed by atoms with Crippen LogP contribution in [0.1, 0.15) is 77.3 Å². The number of rotatable bonds is 17. The topological polar surface area (TPSA) is 284 Å². The Hall–Kier alpha value is -4.22.